The average Bonchev–Trinajstić information content (AvgIpc) is 3.35. The number of nitrogens with zero attached hydrogens (tertiary/aromatic N) is 2. The number of nitrogens with two attached hydrogens (primary N) is 1. The number of rotatable bonds is 6. The second kappa shape index (κ2) is 9.64. The van der Waals surface area contributed by atoms with E-state index in [2.05, 4.69) is 0 Å². The molecule has 3 heterocycles. The summed E-state index contributed by atoms with van der Waals surface area (Å²) in [6, 6.07) is 8.67. The topological polar surface area (TPSA) is 66.6 Å². The normalized spacial score (nSPS) is 24.8. The Morgan fingerprint density at radius 2 is 1.74 bits per heavy atom. The number of hydrogen-bond acceptors (Lipinski definition) is 3. The highest BCUT2D eigenvalue weighted by atomic mass is 19.2. The van der Waals surface area contributed by atoms with Crippen LogP contribution >= 0.6 is 0 Å². The van der Waals surface area contributed by atoms with Gasteiger partial charge in [0.05, 0.1) is 0 Å². The molecule has 2 N–H and O–H groups in total. The first-order chi connectivity index (χ1) is 16.8. The average molecular weight is 486 g/mol. The minimum atomic E-state index is -1.21. The molecule has 2 aromatic carbocycles. The van der Waals surface area contributed by atoms with Gasteiger partial charge in [-0.25, -0.2) is 13.2 Å². The van der Waals surface area contributed by atoms with E-state index in [1.165, 1.54) is 0 Å². The predicted octanol–water partition coefficient (Wildman–Crippen LogP) is 4.18. The Kier molecular flexibility index (Phi) is 6.57. The summed E-state index contributed by atoms with van der Waals surface area (Å²) in [5, 5.41) is 0. The molecule has 5 nitrogen and oxygen atoms in total. The first kappa shape index (κ1) is 23.9. The van der Waals surface area contributed by atoms with Crippen molar-refractivity contribution in [1.82, 2.24) is 9.80 Å². The fourth-order valence-corrected chi connectivity index (χ4v) is 6.08. The third kappa shape index (κ3) is 4.81. The fourth-order valence-electron chi connectivity index (χ4n) is 6.08. The Hall–Kier alpha value is -2.87. The Morgan fingerprint density at radius 1 is 1.03 bits per heavy atom. The highest BCUT2D eigenvalue weighted by molar-refractivity contribution is 5.95. The van der Waals surface area contributed by atoms with Crippen LogP contribution in [-0.4, -0.2) is 46.3 Å². The number of carbonyl (C=O) groups excluding carboxylic acids is 2. The van der Waals surface area contributed by atoms with Gasteiger partial charge in [-0.15, -0.1) is 0 Å². The quantitative estimate of drug-likeness (QED) is 0.625. The first-order valence-corrected chi connectivity index (χ1v) is 12.4. The van der Waals surface area contributed by atoms with Crippen LogP contribution in [0.1, 0.15) is 60.0 Å². The summed E-state index contributed by atoms with van der Waals surface area (Å²) in [5.74, 6) is -2.86. The minimum Gasteiger partial charge on any atom is -0.338 e. The molecular formula is C27H30F3N3O2. The molecule has 35 heavy (non-hydrogen) atoms. The van der Waals surface area contributed by atoms with Crippen molar-refractivity contribution < 1.29 is 22.8 Å². The van der Waals surface area contributed by atoms with E-state index in [1.54, 1.807) is 0 Å². The zero-order valence-electron chi connectivity index (χ0n) is 19.6. The zero-order chi connectivity index (χ0) is 24.7. The smallest absolute Gasteiger partial charge is 0.254 e. The van der Waals surface area contributed by atoms with Gasteiger partial charge in [-0.3, -0.25) is 9.59 Å². The Morgan fingerprint density at radius 3 is 2.43 bits per heavy atom. The summed E-state index contributed by atoms with van der Waals surface area (Å²) >= 11 is 0. The molecule has 5 rings (SSSR count). The predicted molar refractivity (Wildman–Crippen MR) is 125 cm³/mol. The van der Waals surface area contributed by atoms with Crippen molar-refractivity contribution in [3.05, 3.63) is 70.5 Å². The molecule has 0 aromatic heterocycles. The van der Waals surface area contributed by atoms with Crippen molar-refractivity contribution in [3.63, 3.8) is 0 Å². The minimum absolute atomic E-state index is 0.00855. The third-order valence-electron chi connectivity index (χ3n) is 7.87. The van der Waals surface area contributed by atoms with Gasteiger partial charge in [0, 0.05) is 49.3 Å². The molecule has 0 spiro atoms. The molecule has 3 unspecified atom stereocenters. The molecule has 0 saturated carbocycles. The summed E-state index contributed by atoms with van der Waals surface area (Å²) in [6.07, 6.45) is 4.77. The lowest BCUT2D eigenvalue weighted by atomic mass is 9.82. The molecular weight excluding hydrogens is 455 g/mol. The van der Waals surface area contributed by atoms with E-state index in [9.17, 15) is 22.8 Å². The summed E-state index contributed by atoms with van der Waals surface area (Å²) < 4.78 is 41.0. The van der Waals surface area contributed by atoms with Gasteiger partial charge in [-0.1, -0.05) is 12.1 Å². The number of amides is 2. The third-order valence-corrected chi connectivity index (χ3v) is 7.87. The van der Waals surface area contributed by atoms with E-state index < -0.39 is 23.5 Å². The van der Waals surface area contributed by atoms with Crippen molar-refractivity contribution in [1.29, 1.82) is 0 Å². The molecule has 0 radical (unpaired) electrons. The molecule has 0 aliphatic carbocycles. The number of likely N-dealkylation sites (tertiary alicyclic amines) is 1. The molecule has 3 saturated heterocycles. The Bertz CT molecular complexity index is 1130. The monoisotopic (exact) mass is 485 g/mol. The van der Waals surface area contributed by atoms with Crippen LogP contribution < -0.4 is 5.73 Å². The van der Waals surface area contributed by atoms with Gasteiger partial charge >= 0.3 is 0 Å². The molecule has 3 aliphatic heterocycles. The van der Waals surface area contributed by atoms with Gasteiger partial charge in [-0.2, -0.15) is 0 Å². The molecule has 2 bridgehead atoms. The van der Waals surface area contributed by atoms with Crippen molar-refractivity contribution >= 4 is 11.8 Å². The number of fused-ring (bicyclic) bond motifs is 2. The van der Waals surface area contributed by atoms with Gasteiger partial charge in [0.2, 0.25) is 5.91 Å². The van der Waals surface area contributed by atoms with Crippen molar-refractivity contribution in [2.75, 3.05) is 6.54 Å². The number of carbonyl (C=O) groups is 2. The lowest BCUT2D eigenvalue weighted by Crippen LogP contribution is -2.50. The maximum Gasteiger partial charge on any atom is 0.254 e. The van der Waals surface area contributed by atoms with Crippen LogP contribution in [0.15, 0.2) is 36.4 Å². The first-order valence-electron chi connectivity index (χ1n) is 12.4. The van der Waals surface area contributed by atoms with Gasteiger partial charge in [0.25, 0.3) is 5.91 Å². The highest BCUT2D eigenvalue weighted by Crippen LogP contribution is 2.41. The van der Waals surface area contributed by atoms with E-state index in [1.807, 2.05) is 34.1 Å². The van der Waals surface area contributed by atoms with Crippen molar-refractivity contribution in [2.45, 2.75) is 69.6 Å². The summed E-state index contributed by atoms with van der Waals surface area (Å²) in [7, 11) is 0. The molecule has 8 heteroatoms. The Labute approximate surface area is 203 Å². The largest absolute Gasteiger partial charge is 0.338 e. The van der Waals surface area contributed by atoms with Crippen LogP contribution in [0.4, 0.5) is 13.2 Å². The second-order valence-corrected chi connectivity index (χ2v) is 10.2. The Balaban J connectivity index is 1.25. The van der Waals surface area contributed by atoms with Crippen LogP contribution in [0.5, 0.6) is 0 Å². The van der Waals surface area contributed by atoms with Crippen LogP contribution in [0.3, 0.4) is 0 Å². The van der Waals surface area contributed by atoms with Crippen LogP contribution in [0, 0.1) is 23.4 Å². The van der Waals surface area contributed by atoms with Crippen molar-refractivity contribution in [2.24, 2.45) is 11.7 Å². The highest BCUT2D eigenvalue weighted by Gasteiger charge is 2.44. The van der Waals surface area contributed by atoms with E-state index in [0.717, 1.165) is 37.4 Å². The molecule has 3 fully saturated rings. The lowest BCUT2D eigenvalue weighted by Gasteiger charge is -2.41. The molecule has 4 atom stereocenters. The molecule has 2 amide bonds. The van der Waals surface area contributed by atoms with Crippen LogP contribution in [0.25, 0.3) is 0 Å². The number of piperidine rings is 1. The molecule has 186 valence electrons. The summed E-state index contributed by atoms with van der Waals surface area (Å²) in [5.41, 5.74) is 8.06. The zero-order valence-corrected chi connectivity index (χ0v) is 19.6. The molecule has 3 aliphatic rings. The van der Waals surface area contributed by atoms with E-state index in [-0.39, 0.29) is 41.8 Å². The number of halogens is 3. The van der Waals surface area contributed by atoms with E-state index in [0.29, 0.717) is 37.4 Å². The van der Waals surface area contributed by atoms with Crippen LogP contribution in [0.2, 0.25) is 0 Å². The maximum atomic E-state index is 14.1. The summed E-state index contributed by atoms with van der Waals surface area (Å²) in [4.78, 5) is 29.3. The van der Waals surface area contributed by atoms with E-state index in [4.69, 9.17) is 5.73 Å². The SMILES string of the molecule is NC(Cc1cc(F)c(F)cc1F)C1CC2CC[C@H](C1)N2C(=O)c1cccc(CN2CCCC2=O)c1. The van der Waals surface area contributed by atoms with Gasteiger partial charge in [0.15, 0.2) is 11.6 Å². The van der Waals surface area contributed by atoms with Crippen LogP contribution in [-0.2, 0) is 17.8 Å². The fraction of sp³-hybridized carbons (Fsp3) is 0.481. The number of hydrogen-bond donors (Lipinski definition) is 1. The van der Waals surface area contributed by atoms with E-state index >= 15 is 0 Å². The van der Waals surface area contributed by atoms with Crippen molar-refractivity contribution in [3.8, 4) is 0 Å². The summed E-state index contributed by atoms with van der Waals surface area (Å²) in [6.45, 7) is 1.27. The van der Waals surface area contributed by atoms with Gasteiger partial charge in [-0.05, 0) is 73.8 Å². The van der Waals surface area contributed by atoms with Gasteiger partial charge in [0.1, 0.15) is 5.82 Å². The maximum absolute atomic E-state index is 14.1. The lowest BCUT2D eigenvalue weighted by molar-refractivity contribution is -0.128. The second-order valence-electron chi connectivity index (χ2n) is 10.2. The standard InChI is InChI=1S/C27H30F3N3O2/c28-22-14-24(30)23(29)12-18(22)13-25(31)19-10-20-6-7-21(11-19)33(20)27(35)17-4-1-3-16(9-17)15-32-8-2-5-26(32)34/h1,3-4,9,12,14,19-21,25H,2,5-8,10-11,13,15,31H2/t19?,20-,21?,25?/m1/s1. The number of benzene rings is 2. The van der Waals surface area contributed by atoms with Gasteiger partial charge < -0.3 is 15.5 Å². The molecule has 2 aromatic rings.